The third-order valence-corrected chi connectivity index (χ3v) is 6.28. The van der Waals surface area contributed by atoms with Crippen molar-refractivity contribution in [3.05, 3.63) is 56.6 Å². The molecule has 0 saturated heterocycles. The molecule has 1 aliphatic heterocycles. The number of amides is 1. The summed E-state index contributed by atoms with van der Waals surface area (Å²) in [5.74, 6) is -2.24. The maximum absolute atomic E-state index is 13.7. The number of carbonyl (C=O) groups excluding carboxylic acids is 2. The molecule has 2 heterocycles. The predicted molar refractivity (Wildman–Crippen MR) is 125 cm³/mol. The summed E-state index contributed by atoms with van der Waals surface area (Å²) < 4.78 is 52.3. The highest BCUT2D eigenvalue weighted by molar-refractivity contribution is 6.33. The fourth-order valence-electron chi connectivity index (χ4n) is 4.22. The van der Waals surface area contributed by atoms with Crippen LogP contribution < -0.4 is 0 Å². The Hall–Kier alpha value is -2.89. The van der Waals surface area contributed by atoms with Gasteiger partial charge in [0.25, 0.3) is 5.91 Å². The highest BCUT2D eigenvalue weighted by atomic mass is 35.5. The Morgan fingerprint density at radius 1 is 1.17 bits per heavy atom. The van der Waals surface area contributed by atoms with Gasteiger partial charge in [-0.15, -0.1) is 0 Å². The molecular weight excluding hydrogens is 503 g/mol. The van der Waals surface area contributed by atoms with Crippen LogP contribution in [0.4, 0.5) is 13.2 Å². The summed E-state index contributed by atoms with van der Waals surface area (Å²) in [5, 5.41) is 3.77. The Bertz CT molecular complexity index is 1240. The monoisotopic (exact) mass is 529 g/mol. The topological polar surface area (TPSA) is 82.9 Å². The molecule has 0 spiro atoms. The molecule has 12 heteroatoms. The van der Waals surface area contributed by atoms with Crippen molar-refractivity contribution in [2.45, 2.75) is 59.5 Å². The van der Waals surface area contributed by atoms with Crippen molar-refractivity contribution >= 4 is 29.1 Å². The highest BCUT2D eigenvalue weighted by Crippen LogP contribution is 2.44. The minimum absolute atomic E-state index is 0.0137. The zero-order valence-electron chi connectivity index (χ0n) is 21.1. The summed E-state index contributed by atoms with van der Waals surface area (Å²) in [6, 6.07) is 3.69. The summed E-state index contributed by atoms with van der Waals surface area (Å²) in [5.41, 5.74) is -1.04. The van der Waals surface area contributed by atoms with Crippen LogP contribution in [0.1, 0.15) is 59.1 Å². The van der Waals surface area contributed by atoms with E-state index in [9.17, 15) is 22.8 Å². The van der Waals surface area contributed by atoms with Gasteiger partial charge in [0.15, 0.2) is 12.0 Å². The molecule has 1 aromatic heterocycles. The van der Waals surface area contributed by atoms with Crippen molar-refractivity contribution in [2.75, 3.05) is 7.11 Å². The number of hydrogen-bond donors (Lipinski definition) is 0. The van der Waals surface area contributed by atoms with Gasteiger partial charge in [-0.25, -0.2) is 14.7 Å². The lowest BCUT2D eigenvalue weighted by Gasteiger charge is -2.33. The van der Waals surface area contributed by atoms with Gasteiger partial charge in [-0.3, -0.25) is 9.48 Å². The maximum atomic E-state index is 13.7. The van der Waals surface area contributed by atoms with Crippen LogP contribution in [0.15, 0.2) is 17.9 Å². The maximum Gasteiger partial charge on any atom is 0.436 e. The van der Waals surface area contributed by atoms with Gasteiger partial charge >= 0.3 is 12.1 Å². The van der Waals surface area contributed by atoms with Crippen LogP contribution in [0.5, 0.6) is 0 Å². The Kier molecular flexibility index (Phi) is 7.33. The van der Waals surface area contributed by atoms with Crippen molar-refractivity contribution in [2.24, 2.45) is 7.05 Å². The van der Waals surface area contributed by atoms with Crippen molar-refractivity contribution in [1.29, 1.82) is 0 Å². The lowest BCUT2D eigenvalue weighted by molar-refractivity contribution is -0.276. The van der Waals surface area contributed by atoms with Crippen LogP contribution >= 0.6 is 11.6 Å². The van der Waals surface area contributed by atoms with E-state index < -0.39 is 46.3 Å². The molecule has 0 aliphatic carbocycles. The van der Waals surface area contributed by atoms with Gasteiger partial charge in [-0.2, -0.15) is 18.3 Å². The molecule has 196 valence electrons. The minimum atomic E-state index is -4.97. The van der Waals surface area contributed by atoms with Crippen LogP contribution in [0.25, 0.3) is 5.57 Å². The summed E-state index contributed by atoms with van der Waals surface area (Å²) in [6.45, 7) is 10.1. The van der Waals surface area contributed by atoms with Crippen molar-refractivity contribution in [1.82, 2.24) is 14.8 Å². The summed E-state index contributed by atoms with van der Waals surface area (Å²) >= 11 is 6.00. The number of alkyl halides is 3. The first-order chi connectivity index (χ1) is 16.5. The molecule has 1 aromatic carbocycles. The van der Waals surface area contributed by atoms with Crippen LogP contribution in [0.3, 0.4) is 0 Å². The Labute approximate surface area is 211 Å². The quantitative estimate of drug-likeness (QED) is 0.381. The zero-order chi connectivity index (χ0) is 27.3. The molecule has 8 nitrogen and oxygen atoms in total. The van der Waals surface area contributed by atoms with E-state index in [1.165, 1.54) is 28.0 Å². The van der Waals surface area contributed by atoms with Gasteiger partial charge in [-0.1, -0.05) is 29.3 Å². The number of esters is 1. The number of nitrogens with zero attached hydrogens (tertiary/aromatic N) is 3. The molecule has 0 radical (unpaired) electrons. The highest BCUT2D eigenvalue weighted by Gasteiger charge is 2.52. The molecule has 1 atom stereocenters. The van der Waals surface area contributed by atoms with Crippen molar-refractivity contribution in [3.63, 3.8) is 0 Å². The van der Waals surface area contributed by atoms with Gasteiger partial charge in [-0.05, 0) is 58.2 Å². The van der Waals surface area contributed by atoms with E-state index in [1.54, 1.807) is 20.8 Å². The van der Waals surface area contributed by atoms with Crippen molar-refractivity contribution in [3.8, 4) is 0 Å². The molecule has 0 saturated carbocycles. The van der Waals surface area contributed by atoms with E-state index in [1.807, 2.05) is 19.1 Å². The van der Waals surface area contributed by atoms with E-state index in [2.05, 4.69) is 5.10 Å². The number of methoxy groups -OCH3 is 1. The number of aromatic nitrogens is 2. The van der Waals surface area contributed by atoms with Crippen LogP contribution in [-0.2, 0) is 32.3 Å². The summed E-state index contributed by atoms with van der Waals surface area (Å²) in [7, 11) is 2.55. The number of benzene rings is 1. The Morgan fingerprint density at radius 2 is 1.72 bits per heavy atom. The molecule has 1 aliphatic rings. The second-order valence-corrected chi connectivity index (χ2v) is 9.43. The third-order valence-electron chi connectivity index (χ3n) is 5.85. The molecule has 3 rings (SSSR count). The van der Waals surface area contributed by atoms with E-state index in [0.29, 0.717) is 16.7 Å². The first kappa shape index (κ1) is 27.7. The fraction of sp³-hybridized carbons (Fsp3) is 0.458. The number of hydroxylamine groups is 2. The van der Waals surface area contributed by atoms with Gasteiger partial charge in [0.2, 0.25) is 0 Å². The zero-order valence-corrected chi connectivity index (χ0v) is 21.9. The second kappa shape index (κ2) is 9.53. The van der Waals surface area contributed by atoms with E-state index >= 15 is 0 Å². The molecule has 36 heavy (non-hydrogen) atoms. The lowest BCUT2D eigenvalue weighted by atomic mass is 9.91. The predicted octanol–water partition coefficient (Wildman–Crippen LogP) is 5.13. The average Bonchev–Trinajstić information content (AvgIpc) is 3.14. The van der Waals surface area contributed by atoms with Crippen molar-refractivity contribution < 1.29 is 37.1 Å². The number of ether oxygens (including phenoxy) is 2. The van der Waals surface area contributed by atoms with E-state index in [4.69, 9.17) is 25.9 Å². The molecule has 0 fully saturated rings. The van der Waals surface area contributed by atoms with Gasteiger partial charge < -0.3 is 9.47 Å². The average molecular weight is 530 g/mol. The fourth-order valence-corrected chi connectivity index (χ4v) is 4.42. The standard InChI is InChI=1S/C24H27ClF3N3O5/c1-11-9-12(2)15(13(3)10-11)16-19(23(5,6)31(21(16)32)36-14(4)34-8)35-22(33)17-18(24(26,27)28)29-30(7)20(17)25/h9-10,14H,1-8H3. The Balaban J connectivity index is 2.24. The summed E-state index contributed by atoms with van der Waals surface area (Å²) in [6.07, 6.45) is -5.82. The van der Waals surface area contributed by atoms with Gasteiger partial charge in [0.1, 0.15) is 22.0 Å². The lowest BCUT2D eigenvalue weighted by Crippen LogP contribution is -2.46. The smallest absolute Gasteiger partial charge is 0.424 e. The number of rotatable bonds is 6. The molecule has 0 bridgehead atoms. The Morgan fingerprint density at radius 3 is 2.22 bits per heavy atom. The van der Waals surface area contributed by atoms with Crippen LogP contribution in [0.2, 0.25) is 5.15 Å². The van der Waals surface area contributed by atoms with Gasteiger partial charge in [0, 0.05) is 14.2 Å². The SMILES string of the molecule is COC(C)ON1C(=O)C(c2c(C)cc(C)cc2C)=C(OC(=O)c2c(C(F)(F)F)nn(C)c2Cl)C1(C)C. The van der Waals surface area contributed by atoms with Crippen LogP contribution in [0, 0.1) is 20.8 Å². The first-order valence-electron chi connectivity index (χ1n) is 10.9. The summed E-state index contributed by atoms with van der Waals surface area (Å²) in [4.78, 5) is 32.5. The molecule has 1 unspecified atom stereocenters. The van der Waals surface area contributed by atoms with Crippen LogP contribution in [-0.4, -0.2) is 45.7 Å². The van der Waals surface area contributed by atoms with E-state index in [0.717, 1.165) is 15.3 Å². The number of aryl methyl sites for hydroxylation is 4. The molecule has 2 aromatic rings. The van der Waals surface area contributed by atoms with Gasteiger partial charge in [0.05, 0.1) is 5.57 Å². The van der Waals surface area contributed by atoms with E-state index in [-0.39, 0.29) is 11.3 Å². The third kappa shape index (κ3) is 4.74. The largest absolute Gasteiger partial charge is 0.436 e. The number of halogens is 4. The molecule has 0 N–H and O–H groups in total. The number of carbonyl (C=O) groups is 2. The molecular formula is C24H27ClF3N3O5. The first-order valence-corrected chi connectivity index (χ1v) is 11.3. The number of hydrogen-bond acceptors (Lipinski definition) is 6. The molecule has 1 amide bonds. The normalized spacial score (nSPS) is 16.7. The second-order valence-electron chi connectivity index (χ2n) is 9.07. The minimum Gasteiger partial charge on any atom is -0.424 e.